The highest BCUT2D eigenvalue weighted by molar-refractivity contribution is 7.13. The number of thiophene rings is 1. The Bertz CT molecular complexity index is 917. The molecule has 2 saturated heterocycles. The lowest BCUT2D eigenvalue weighted by Gasteiger charge is -2.39. The summed E-state index contributed by atoms with van der Waals surface area (Å²) in [5.74, 6) is 0.284. The summed E-state index contributed by atoms with van der Waals surface area (Å²) in [6, 6.07) is 3.93. The second-order valence-corrected chi connectivity index (χ2v) is 19.2. The number of aryl methyl sites for hydroxylation is 1. The Morgan fingerprint density at radius 1 is 0.975 bits per heavy atom. The van der Waals surface area contributed by atoms with E-state index in [4.69, 9.17) is 28.1 Å². The van der Waals surface area contributed by atoms with Crippen LogP contribution in [0.1, 0.15) is 93.1 Å². The van der Waals surface area contributed by atoms with E-state index in [1.807, 2.05) is 6.07 Å². The van der Waals surface area contributed by atoms with Crippen LogP contribution in [0.25, 0.3) is 0 Å². The van der Waals surface area contributed by atoms with Crippen molar-refractivity contribution >= 4 is 25.6 Å². The largest absolute Gasteiger partial charge is 0.465 e. The predicted octanol–water partition coefficient (Wildman–Crippen LogP) is 7.34. The molecule has 3 fully saturated rings. The number of hydrogen-bond acceptors (Lipinski definition) is 8. The predicted molar refractivity (Wildman–Crippen MR) is 160 cm³/mol. The number of ether oxygens (including phenoxy) is 5. The van der Waals surface area contributed by atoms with E-state index in [9.17, 15) is 4.79 Å². The van der Waals surface area contributed by atoms with Gasteiger partial charge >= 0.3 is 5.97 Å². The summed E-state index contributed by atoms with van der Waals surface area (Å²) < 4.78 is 37.2. The van der Waals surface area contributed by atoms with E-state index in [0.717, 1.165) is 77.4 Å². The average Bonchev–Trinajstić information content (AvgIpc) is 3.52. The van der Waals surface area contributed by atoms with Crippen molar-refractivity contribution in [1.29, 1.82) is 0 Å². The molecular formula is C31H52O7SSi. The molecule has 2 aliphatic heterocycles. The van der Waals surface area contributed by atoms with Crippen LogP contribution in [-0.2, 0) is 34.5 Å². The molecule has 0 bridgehead atoms. The monoisotopic (exact) mass is 596 g/mol. The minimum absolute atomic E-state index is 0.0409. The van der Waals surface area contributed by atoms with E-state index >= 15 is 0 Å². The van der Waals surface area contributed by atoms with Gasteiger partial charge in [0.15, 0.2) is 20.9 Å². The van der Waals surface area contributed by atoms with E-state index in [-0.39, 0.29) is 41.7 Å². The molecule has 1 aromatic rings. The summed E-state index contributed by atoms with van der Waals surface area (Å²) in [4.78, 5) is 13.8. The van der Waals surface area contributed by atoms with E-state index < -0.39 is 8.32 Å². The third kappa shape index (κ3) is 8.61. The third-order valence-corrected chi connectivity index (χ3v) is 15.0. The molecule has 6 atom stereocenters. The van der Waals surface area contributed by atoms with Crippen LogP contribution in [0.5, 0.6) is 0 Å². The summed E-state index contributed by atoms with van der Waals surface area (Å²) >= 11 is 1.53. The lowest BCUT2D eigenvalue weighted by molar-refractivity contribution is -0.204. The van der Waals surface area contributed by atoms with Crippen LogP contribution in [0.3, 0.4) is 0 Å². The minimum atomic E-state index is -1.94. The van der Waals surface area contributed by atoms with Gasteiger partial charge < -0.3 is 28.1 Å². The highest BCUT2D eigenvalue weighted by atomic mass is 32.1. The molecule has 4 rings (SSSR count). The standard InChI is InChI=1S/C31H52O7SSi/c1-31(2,3)40(5,6)36-21-24-23(13-11-12-22-16-17-27(39-22)30(32)33-4)25(37-28-14-7-9-18-34-28)20-26(24)38-29-15-8-10-19-35-29/h16-17,23-26,28-29H,7-15,18-21H2,1-6H3/t23-,24-,25+,26-,28?,29?/m1/s1. The molecule has 228 valence electrons. The average molecular weight is 597 g/mol. The summed E-state index contributed by atoms with van der Waals surface area (Å²) in [6.07, 6.45) is 10.1. The van der Waals surface area contributed by atoms with E-state index in [1.165, 1.54) is 23.3 Å². The lowest BCUT2D eigenvalue weighted by Crippen LogP contribution is -2.44. The van der Waals surface area contributed by atoms with Crippen molar-refractivity contribution in [1.82, 2.24) is 0 Å². The number of esters is 1. The maximum atomic E-state index is 11.9. The van der Waals surface area contributed by atoms with Crippen LogP contribution in [0.4, 0.5) is 0 Å². The Hall–Kier alpha value is -0.813. The van der Waals surface area contributed by atoms with E-state index in [1.54, 1.807) is 0 Å². The van der Waals surface area contributed by atoms with Crippen LogP contribution >= 0.6 is 11.3 Å². The van der Waals surface area contributed by atoms with Crippen LogP contribution in [0.2, 0.25) is 18.1 Å². The molecule has 3 aliphatic rings. The molecule has 0 amide bonds. The van der Waals surface area contributed by atoms with Gasteiger partial charge in [0.1, 0.15) is 4.88 Å². The normalized spacial score (nSPS) is 29.9. The lowest BCUT2D eigenvalue weighted by atomic mass is 9.89. The summed E-state index contributed by atoms with van der Waals surface area (Å²) in [5.41, 5.74) is 0. The molecule has 0 radical (unpaired) electrons. The van der Waals surface area contributed by atoms with Gasteiger partial charge in [-0.3, -0.25) is 0 Å². The SMILES string of the molecule is COC(=O)c1ccc(CCC[C@@H]2[C@@H](CO[Si](C)(C)C(C)(C)C)[C@H](OC3CCCCO3)C[C@@H]2OC2CCCCO2)s1. The molecule has 9 heteroatoms. The molecule has 0 N–H and O–H groups in total. The molecule has 3 heterocycles. The zero-order chi connectivity index (χ0) is 28.8. The molecular weight excluding hydrogens is 544 g/mol. The Morgan fingerprint density at radius 2 is 1.60 bits per heavy atom. The molecule has 1 aliphatic carbocycles. The minimum Gasteiger partial charge on any atom is -0.465 e. The van der Waals surface area contributed by atoms with Crippen molar-refractivity contribution in [3.8, 4) is 0 Å². The molecule has 0 spiro atoms. The first-order chi connectivity index (χ1) is 19.1. The molecule has 1 aromatic heterocycles. The van der Waals surface area contributed by atoms with Gasteiger partial charge in [-0.1, -0.05) is 20.8 Å². The first-order valence-electron chi connectivity index (χ1n) is 15.4. The van der Waals surface area contributed by atoms with E-state index in [2.05, 4.69) is 39.9 Å². The fourth-order valence-electron chi connectivity index (χ4n) is 5.86. The Labute approximate surface area is 246 Å². The number of methoxy groups -OCH3 is 1. The number of carbonyl (C=O) groups excluding carboxylic acids is 1. The second-order valence-electron chi connectivity index (χ2n) is 13.2. The zero-order valence-electron chi connectivity index (χ0n) is 25.6. The first kappa shape index (κ1) is 32.1. The second kappa shape index (κ2) is 14.6. The molecule has 40 heavy (non-hydrogen) atoms. The number of carbonyl (C=O) groups is 1. The molecule has 2 unspecified atom stereocenters. The van der Waals surface area contributed by atoms with Gasteiger partial charge in [-0.25, -0.2) is 4.79 Å². The highest BCUT2D eigenvalue weighted by Gasteiger charge is 2.48. The molecule has 0 aromatic carbocycles. The summed E-state index contributed by atoms with van der Waals surface area (Å²) in [5, 5.41) is 0.145. The van der Waals surface area contributed by atoms with Gasteiger partial charge in [0.05, 0.1) is 19.3 Å². The van der Waals surface area contributed by atoms with Crippen LogP contribution in [0.15, 0.2) is 12.1 Å². The van der Waals surface area contributed by atoms with Gasteiger partial charge in [-0.2, -0.15) is 0 Å². The Morgan fingerprint density at radius 3 is 2.15 bits per heavy atom. The fraction of sp³-hybridized carbons (Fsp3) is 0.839. The maximum Gasteiger partial charge on any atom is 0.348 e. The van der Waals surface area contributed by atoms with Crippen molar-refractivity contribution in [3.63, 3.8) is 0 Å². The zero-order valence-corrected chi connectivity index (χ0v) is 27.4. The maximum absolute atomic E-state index is 11.9. The van der Waals surface area contributed by atoms with Crippen molar-refractivity contribution in [2.45, 2.75) is 128 Å². The Kier molecular flexibility index (Phi) is 11.7. The van der Waals surface area contributed by atoms with Gasteiger partial charge in [-0.15, -0.1) is 11.3 Å². The summed E-state index contributed by atoms with van der Waals surface area (Å²) in [6.45, 7) is 13.8. The van der Waals surface area contributed by atoms with Crippen molar-refractivity contribution < 1.29 is 32.9 Å². The number of hydrogen-bond donors (Lipinski definition) is 0. The van der Waals surface area contributed by atoms with Gasteiger partial charge in [0.2, 0.25) is 0 Å². The number of rotatable bonds is 12. The van der Waals surface area contributed by atoms with Crippen molar-refractivity contribution in [3.05, 3.63) is 21.9 Å². The Balaban J connectivity index is 1.49. The van der Waals surface area contributed by atoms with Crippen molar-refractivity contribution in [2.75, 3.05) is 26.9 Å². The molecule has 1 saturated carbocycles. The smallest absolute Gasteiger partial charge is 0.348 e. The first-order valence-corrected chi connectivity index (χ1v) is 19.1. The topological polar surface area (TPSA) is 72.5 Å². The van der Waals surface area contributed by atoms with Crippen molar-refractivity contribution in [2.24, 2.45) is 11.8 Å². The third-order valence-electron chi connectivity index (χ3n) is 9.35. The van der Waals surface area contributed by atoms with Crippen LogP contribution < -0.4 is 0 Å². The van der Waals surface area contributed by atoms with Crippen LogP contribution in [0, 0.1) is 11.8 Å². The highest BCUT2D eigenvalue weighted by Crippen LogP contribution is 2.44. The van der Waals surface area contributed by atoms with Crippen LogP contribution in [-0.4, -0.2) is 66.0 Å². The summed E-state index contributed by atoms with van der Waals surface area (Å²) in [7, 11) is -0.507. The van der Waals surface area contributed by atoms with Gasteiger partial charge in [0.25, 0.3) is 0 Å². The molecule has 7 nitrogen and oxygen atoms in total. The van der Waals surface area contributed by atoms with E-state index in [0.29, 0.717) is 17.4 Å². The van der Waals surface area contributed by atoms with Gasteiger partial charge in [-0.05, 0) is 94.0 Å². The quantitative estimate of drug-likeness (QED) is 0.185. The fourth-order valence-corrected chi connectivity index (χ4v) is 7.87. The van der Waals surface area contributed by atoms with Gasteiger partial charge in [0, 0.05) is 37.0 Å².